The van der Waals surface area contributed by atoms with Crippen LogP contribution in [0.25, 0.3) is 0 Å². The van der Waals surface area contributed by atoms with E-state index in [0.717, 1.165) is 25.8 Å². The number of nitrogens with zero attached hydrogens (tertiary/aromatic N) is 2. The molecule has 17 heavy (non-hydrogen) atoms. The van der Waals surface area contributed by atoms with Gasteiger partial charge in [0.2, 0.25) is 0 Å². The van der Waals surface area contributed by atoms with Gasteiger partial charge in [0, 0.05) is 13.1 Å². The van der Waals surface area contributed by atoms with Gasteiger partial charge in [0.1, 0.15) is 0 Å². The minimum atomic E-state index is -0.242. The maximum Gasteiger partial charge on any atom is 0.321 e. The van der Waals surface area contributed by atoms with E-state index in [-0.39, 0.29) is 17.8 Å². The fraction of sp³-hybridized carbons (Fsp3) is 0.917. The van der Waals surface area contributed by atoms with Crippen molar-refractivity contribution in [3.63, 3.8) is 0 Å². The quantitative estimate of drug-likeness (QED) is 0.688. The highest BCUT2D eigenvalue weighted by molar-refractivity contribution is 5.75. The molecular formula is C12H23N3O2. The van der Waals surface area contributed by atoms with Crippen LogP contribution >= 0.6 is 0 Å². The average Bonchev–Trinajstić information content (AvgIpc) is 2.27. The number of carbonyl (C=O) groups excluding carboxylic acids is 1. The van der Waals surface area contributed by atoms with Crippen LogP contribution in [0.4, 0.5) is 4.79 Å². The number of morpholine rings is 1. The molecule has 0 aromatic heterocycles. The van der Waals surface area contributed by atoms with Crippen molar-refractivity contribution in [1.82, 2.24) is 9.80 Å². The number of likely N-dealkylation sites (tertiary alicyclic amines) is 1. The first-order valence-corrected chi connectivity index (χ1v) is 6.45. The molecule has 5 heteroatoms. The molecule has 1 unspecified atom stereocenters. The number of amides is 2. The second kappa shape index (κ2) is 4.82. The number of hydrogen-bond donors (Lipinski definition) is 1. The van der Waals surface area contributed by atoms with Crippen LogP contribution in [-0.2, 0) is 4.74 Å². The fourth-order valence-electron chi connectivity index (χ4n) is 2.56. The number of rotatable bonds is 0. The van der Waals surface area contributed by atoms with Crippen LogP contribution in [-0.4, -0.2) is 53.8 Å². The molecular weight excluding hydrogens is 218 g/mol. The Kier molecular flexibility index (Phi) is 3.58. The molecule has 0 spiro atoms. The van der Waals surface area contributed by atoms with E-state index in [1.807, 2.05) is 23.6 Å². The Balaban J connectivity index is 1.99. The van der Waals surface area contributed by atoms with Gasteiger partial charge < -0.3 is 20.3 Å². The Bertz CT molecular complexity index is 293. The molecule has 0 bridgehead atoms. The minimum absolute atomic E-state index is 0.0774. The predicted octanol–water partition coefficient (Wildman–Crippen LogP) is 0.988. The van der Waals surface area contributed by atoms with Crippen molar-refractivity contribution >= 4 is 6.03 Å². The van der Waals surface area contributed by atoms with Crippen molar-refractivity contribution in [3.8, 4) is 0 Å². The molecule has 2 saturated heterocycles. The predicted molar refractivity (Wildman–Crippen MR) is 65.5 cm³/mol. The van der Waals surface area contributed by atoms with Crippen molar-refractivity contribution in [2.24, 2.45) is 5.73 Å². The monoisotopic (exact) mass is 241 g/mol. The summed E-state index contributed by atoms with van der Waals surface area (Å²) in [6.45, 7) is 6.76. The molecule has 2 N–H and O–H groups in total. The smallest absolute Gasteiger partial charge is 0.321 e. The molecule has 1 atom stereocenters. The van der Waals surface area contributed by atoms with E-state index in [1.165, 1.54) is 0 Å². The van der Waals surface area contributed by atoms with Crippen LogP contribution in [0.2, 0.25) is 0 Å². The number of nitrogens with two attached hydrogens (primary N) is 1. The van der Waals surface area contributed by atoms with Crippen molar-refractivity contribution < 1.29 is 9.53 Å². The molecule has 0 aromatic carbocycles. The third kappa shape index (κ3) is 2.90. The molecule has 2 heterocycles. The summed E-state index contributed by atoms with van der Waals surface area (Å²) in [5.41, 5.74) is 5.76. The van der Waals surface area contributed by atoms with Crippen molar-refractivity contribution in [2.75, 3.05) is 26.2 Å². The molecule has 2 aliphatic heterocycles. The van der Waals surface area contributed by atoms with Crippen LogP contribution in [0.1, 0.15) is 33.1 Å². The summed E-state index contributed by atoms with van der Waals surface area (Å²) in [5.74, 6) is 0. The molecule has 2 amide bonds. The zero-order valence-corrected chi connectivity index (χ0v) is 10.8. The molecule has 0 aliphatic carbocycles. The zero-order valence-electron chi connectivity index (χ0n) is 10.8. The van der Waals surface area contributed by atoms with E-state index in [1.54, 1.807) is 0 Å². The summed E-state index contributed by atoms with van der Waals surface area (Å²) in [6.07, 6.45) is 2.99. The average molecular weight is 241 g/mol. The molecule has 0 aromatic rings. The van der Waals surface area contributed by atoms with Gasteiger partial charge in [-0.1, -0.05) is 0 Å². The normalized spacial score (nSPS) is 29.2. The highest BCUT2D eigenvalue weighted by Crippen LogP contribution is 2.20. The second-order valence-electron chi connectivity index (χ2n) is 5.57. The van der Waals surface area contributed by atoms with Gasteiger partial charge in [0.25, 0.3) is 0 Å². The first-order valence-electron chi connectivity index (χ1n) is 6.45. The SMILES string of the molecule is CC1(C)CN(C(=O)N2CCCCC2N)CCO1. The van der Waals surface area contributed by atoms with Crippen LogP contribution in [0.5, 0.6) is 0 Å². The van der Waals surface area contributed by atoms with Crippen LogP contribution in [0.15, 0.2) is 0 Å². The van der Waals surface area contributed by atoms with E-state index in [9.17, 15) is 4.79 Å². The van der Waals surface area contributed by atoms with Gasteiger partial charge in [0.05, 0.1) is 24.9 Å². The van der Waals surface area contributed by atoms with Gasteiger partial charge in [-0.15, -0.1) is 0 Å². The summed E-state index contributed by atoms with van der Waals surface area (Å²) in [5, 5.41) is 0. The topological polar surface area (TPSA) is 58.8 Å². The van der Waals surface area contributed by atoms with Crippen molar-refractivity contribution in [3.05, 3.63) is 0 Å². The Labute approximate surface area is 103 Å². The highest BCUT2D eigenvalue weighted by Gasteiger charge is 2.34. The lowest BCUT2D eigenvalue weighted by Crippen LogP contribution is -2.58. The first kappa shape index (κ1) is 12.6. The lowest BCUT2D eigenvalue weighted by Gasteiger charge is -2.42. The molecule has 2 fully saturated rings. The minimum Gasteiger partial charge on any atom is -0.372 e. The molecule has 5 nitrogen and oxygen atoms in total. The highest BCUT2D eigenvalue weighted by atomic mass is 16.5. The maximum absolute atomic E-state index is 12.4. The standard InChI is InChI=1S/C12H23N3O2/c1-12(2)9-14(7-8-17-12)11(16)15-6-4-3-5-10(15)13/h10H,3-9,13H2,1-2H3. The Morgan fingerprint density at radius 3 is 2.76 bits per heavy atom. The first-order chi connectivity index (χ1) is 7.99. The largest absolute Gasteiger partial charge is 0.372 e. The van der Waals surface area contributed by atoms with E-state index in [2.05, 4.69) is 0 Å². The molecule has 98 valence electrons. The summed E-state index contributed by atoms with van der Waals surface area (Å²) in [7, 11) is 0. The second-order valence-corrected chi connectivity index (χ2v) is 5.57. The molecule has 0 radical (unpaired) electrons. The lowest BCUT2D eigenvalue weighted by atomic mass is 10.1. The van der Waals surface area contributed by atoms with E-state index >= 15 is 0 Å². The third-order valence-corrected chi connectivity index (χ3v) is 3.49. The van der Waals surface area contributed by atoms with Crippen molar-refractivity contribution in [1.29, 1.82) is 0 Å². The summed E-state index contributed by atoms with van der Waals surface area (Å²) in [4.78, 5) is 16.0. The van der Waals surface area contributed by atoms with Gasteiger partial charge in [-0.2, -0.15) is 0 Å². The van der Waals surface area contributed by atoms with Crippen LogP contribution in [0, 0.1) is 0 Å². The van der Waals surface area contributed by atoms with Crippen molar-refractivity contribution in [2.45, 2.75) is 44.9 Å². The van der Waals surface area contributed by atoms with Gasteiger partial charge in [-0.3, -0.25) is 0 Å². The van der Waals surface area contributed by atoms with Gasteiger partial charge >= 0.3 is 6.03 Å². The van der Waals surface area contributed by atoms with E-state index in [0.29, 0.717) is 19.7 Å². The number of piperidine rings is 1. The Hall–Kier alpha value is -0.810. The Morgan fingerprint density at radius 1 is 1.35 bits per heavy atom. The third-order valence-electron chi connectivity index (χ3n) is 3.49. The lowest BCUT2D eigenvalue weighted by molar-refractivity contribution is -0.0778. The number of hydrogen-bond acceptors (Lipinski definition) is 3. The van der Waals surface area contributed by atoms with Crippen LogP contribution < -0.4 is 5.73 Å². The molecule has 0 saturated carbocycles. The van der Waals surface area contributed by atoms with Gasteiger partial charge in [0.15, 0.2) is 0 Å². The Morgan fingerprint density at radius 2 is 2.12 bits per heavy atom. The number of urea groups is 1. The summed E-state index contributed by atoms with van der Waals surface area (Å²) < 4.78 is 5.62. The fourth-order valence-corrected chi connectivity index (χ4v) is 2.56. The molecule has 2 aliphatic rings. The summed E-state index contributed by atoms with van der Waals surface area (Å²) >= 11 is 0. The zero-order chi connectivity index (χ0) is 12.5. The van der Waals surface area contributed by atoms with E-state index < -0.39 is 0 Å². The number of ether oxygens (including phenoxy) is 1. The molecule has 2 rings (SSSR count). The number of carbonyl (C=O) groups is 1. The van der Waals surface area contributed by atoms with E-state index in [4.69, 9.17) is 10.5 Å². The summed E-state index contributed by atoms with van der Waals surface area (Å²) in [6, 6.07) is 0.0774. The van der Waals surface area contributed by atoms with Gasteiger partial charge in [-0.25, -0.2) is 4.79 Å². The van der Waals surface area contributed by atoms with Gasteiger partial charge in [-0.05, 0) is 33.1 Å². The maximum atomic E-state index is 12.4. The van der Waals surface area contributed by atoms with Crippen LogP contribution in [0.3, 0.4) is 0 Å².